The molecule has 1 aliphatic heterocycles. The number of H-pyrrole nitrogens is 1. The third-order valence-electron chi connectivity index (χ3n) is 4.96. The maximum atomic E-state index is 12.7. The Morgan fingerprint density at radius 1 is 1.43 bits per heavy atom. The highest BCUT2D eigenvalue weighted by atomic mass is 16.3. The smallest absolute Gasteiger partial charge is 0.270 e. The molecule has 1 fully saturated rings. The third kappa shape index (κ3) is 2.88. The van der Waals surface area contributed by atoms with E-state index in [0.717, 1.165) is 6.42 Å². The van der Waals surface area contributed by atoms with Crippen molar-refractivity contribution in [2.45, 2.75) is 32.3 Å². The molecule has 2 heterocycles. The summed E-state index contributed by atoms with van der Waals surface area (Å²) in [7, 11) is 0. The Balaban J connectivity index is 1.90. The van der Waals surface area contributed by atoms with Gasteiger partial charge in [-0.3, -0.25) is 9.59 Å². The number of rotatable bonds is 2. The molecule has 0 radical (unpaired) electrons. The highest BCUT2D eigenvalue weighted by Gasteiger charge is 2.38. The number of aromatic nitrogens is 1. The van der Waals surface area contributed by atoms with Gasteiger partial charge in [0.15, 0.2) is 5.43 Å². The number of carbonyl (C=O) groups excluding carboxylic acids is 1. The molecule has 1 saturated heterocycles. The summed E-state index contributed by atoms with van der Waals surface area (Å²) < 4.78 is 0. The van der Waals surface area contributed by atoms with Crippen LogP contribution in [-0.2, 0) is 0 Å². The normalized spacial score (nSPS) is 24.8. The number of fused-ring (bicyclic) bond motifs is 1. The van der Waals surface area contributed by atoms with Crippen LogP contribution < -0.4 is 5.43 Å². The summed E-state index contributed by atoms with van der Waals surface area (Å²) in [5.74, 6) is -0.130. The van der Waals surface area contributed by atoms with E-state index in [4.69, 9.17) is 0 Å². The summed E-state index contributed by atoms with van der Waals surface area (Å²) in [6.45, 7) is 4.86. The van der Waals surface area contributed by atoms with Crippen molar-refractivity contribution in [1.82, 2.24) is 9.88 Å². The maximum Gasteiger partial charge on any atom is 0.270 e. The van der Waals surface area contributed by atoms with Gasteiger partial charge in [0.2, 0.25) is 0 Å². The molecule has 2 atom stereocenters. The molecule has 2 aromatic rings. The molecule has 1 aliphatic rings. The Hall–Kier alpha value is -2.14. The number of amides is 1. The number of aliphatic hydroxyl groups is 1. The molecule has 0 spiro atoms. The van der Waals surface area contributed by atoms with Gasteiger partial charge >= 0.3 is 0 Å². The summed E-state index contributed by atoms with van der Waals surface area (Å²) in [6, 6.07) is 8.55. The summed E-state index contributed by atoms with van der Waals surface area (Å²) in [5.41, 5.74) is 0.0886. The van der Waals surface area contributed by atoms with Gasteiger partial charge in [-0.15, -0.1) is 0 Å². The molecule has 3 rings (SSSR count). The third-order valence-corrected chi connectivity index (χ3v) is 4.96. The predicted octanol–water partition coefficient (Wildman–Crippen LogP) is 2.15. The van der Waals surface area contributed by atoms with E-state index < -0.39 is 5.60 Å². The van der Waals surface area contributed by atoms with Crippen molar-refractivity contribution >= 4 is 16.8 Å². The first-order valence-corrected chi connectivity index (χ1v) is 8.06. The van der Waals surface area contributed by atoms with E-state index in [2.05, 4.69) is 4.98 Å². The number of para-hydroxylation sites is 1. The monoisotopic (exact) mass is 314 g/mol. The van der Waals surface area contributed by atoms with E-state index in [-0.39, 0.29) is 17.3 Å². The minimum atomic E-state index is -0.734. The Morgan fingerprint density at radius 3 is 2.91 bits per heavy atom. The molecule has 1 aromatic heterocycles. The summed E-state index contributed by atoms with van der Waals surface area (Å²) in [4.78, 5) is 29.7. The molecular weight excluding hydrogens is 292 g/mol. The van der Waals surface area contributed by atoms with Crippen molar-refractivity contribution in [1.29, 1.82) is 0 Å². The van der Waals surface area contributed by atoms with Crippen LogP contribution in [0.2, 0.25) is 0 Å². The number of hydrogen-bond acceptors (Lipinski definition) is 3. The van der Waals surface area contributed by atoms with Crippen LogP contribution in [0.1, 0.15) is 37.2 Å². The predicted molar refractivity (Wildman–Crippen MR) is 89.5 cm³/mol. The number of nitrogens with zero attached hydrogens (tertiary/aromatic N) is 1. The minimum Gasteiger partial charge on any atom is -0.390 e. The van der Waals surface area contributed by atoms with Gasteiger partial charge in [-0.1, -0.05) is 19.1 Å². The zero-order valence-electron chi connectivity index (χ0n) is 13.5. The van der Waals surface area contributed by atoms with Crippen LogP contribution in [0.3, 0.4) is 0 Å². The number of benzene rings is 1. The molecule has 122 valence electrons. The molecule has 0 unspecified atom stereocenters. The molecule has 2 N–H and O–H groups in total. The number of nitrogens with one attached hydrogen (secondary N) is 1. The van der Waals surface area contributed by atoms with Crippen LogP contribution in [0.25, 0.3) is 10.9 Å². The van der Waals surface area contributed by atoms with E-state index >= 15 is 0 Å². The highest BCUT2D eigenvalue weighted by molar-refractivity contribution is 5.94. The summed E-state index contributed by atoms with van der Waals surface area (Å²) >= 11 is 0. The van der Waals surface area contributed by atoms with Gasteiger partial charge in [0.1, 0.15) is 5.69 Å². The molecule has 0 aliphatic carbocycles. The number of carbonyl (C=O) groups is 1. The molecule has 1 amide bonds. The molecule has 5 nitrogen and oxygen atoms in total. The minimum absolute atomic E-state index is 0.0485. The topological polar surface area (TPSA) is 73.4 Å². The number of piperidine rings is 1. The van der Waals surface area contributed by atoms with Gasteiger partial charge in [-0.05, 0) is 31.9 Å². The van der Waals surface area contributed by atoms with Crippen molar-refractivity contribution < 1.29 is 9.90 Å². The van der Waals surface area contributed by atoms with Gasteiger partial charge in [-0.2, -0.15) is 0 Å². The van der Waals surface area contributed by atoms with Gasteiger partial charge in [-0.25, -0.2) is 0 Å². The van der Waals surface area contributed by atoms with Crippen molar-refractivity contribution in [3.63, 3.8) is 0 Å². The second kappa shape index (κ2) is 5.81. The van der Waals surface area contributed by atoms with E-state index in [0.29, 0.717) is 36.1 Å². The quantitative estimate of drug-likeness (QED) is 0.892. The molecular formula is C18H22N2O3. The van der Waals surface area contributed by atoms with Crippen molar-refractivity contribution in [2.24, 2.45) is 5.92 Å². The van der Waals surface area contributed by atoms with E-state index in [1.54, 1.807) is 23.1 Å². The maximum absolute atomic E-state index is 12.7. The number of likely N-dealkylation sites (tertiary alicyclic amines) is 1. The number of hydrogen-bond donors (Lipinski definition) is 2. The highest BCUT2D eigenvalue weighted by Crippen LogP contribution is 2.30. The van der Waals surface area contributed by atoms with Crippen molar-refractivity contribution in [2.75, 3.05) is 13.1 Å². The fourth-order valence-corrected chi connectivity index (χ4v) is 3.36. The fraction of sp³-hybridized carbons (Fsp3) is 0.444. The first kappa shape index (κ1) is 15.7. The average Bonchev–Trinajstić information content (AvgIpc) is 2.54. The molecule has 5 heteroatoms. The molecule has 23 heavy (non-hydrogen) atoms. The van der Waals surface area contributed by atoms with Crippen LogP contribution in [0.5, 0.6) is 0 Å². The second-order valence-corrected chi connectivity index (χ2v) is 6.56. The lowest BCUT2D eigenvalue weighted by Crippen LogP contribution is -2.51. The Morgan fingerprint density at radius 2 is 2.17 bits per heavy atom. The van der Waals surface area contributed by atoms with Crippen LogP contribution in [0.4, 0.5) is 0 Å². The van der Waals surface area contributed by atoms with Crippen LogP contribution in [-0.4, -0.2) is 39.6 Å². The standard InChI is InChI=1S/C18H22N2O3/c1-3-12-11-20(9-8-18(12,2)23)17(22)15-10-16(21)13-6-4-5-7-14(13)19-15/h4-7,10,12,23H,3,8-9,11H2,1-2H3,(H,19,21)/t12-,18+/m0/s1. The van der Waals surface area contributed by atoms with Gasteiger partial charge in [0, 0.05) is 36.0 Å². The first-order valence-electron chi connectivity index (χ1n) is 8.06. The summed E-state index contributed by atoms with van der Waals surface area (Å²) in [5, 5.41) is 11.0. The van der Waals surface area contributed by atoms with Crippen LogP contribution >= 0.6 is 0 Å². The second-order valence-electron chi connectivity index (χ2n) is 6.56. The first-order chi connectivity index (χ1) is 10.9. The fourth-order valence-electron chi connectivity index (χ4n) is 3.36. The van der Waals surface area contributed by atoms with Crippen LogP contribution in [0.15, 0.2) is 35.1 Å². The SMILES string of the molecule is CC[C@H]1CN(C(=O)c2cc(=O)c3ccccc3[nH]2)CC[C@@]1(C)O. The van der Waals surface area contributed by atoms with Gasteiger partial charge in [0.05, 0.1) is 5.60 Å². The zero-order valence-corrected chi connectivity index (χ0v) is 13.5. The lowest BCUT2D eigenvalue weighted by molar-refractivity contribution is -0.0522. The Kier molecular flexibility index (Phi) is 3.98. The van der Waals surface area contributed by atoms with Crippen LogP contribution in [0, 0.1) is 5.92 Å². The van der Waals surface area contributed by atoms with E-state index in [1.807, 2.05) is 19.9 Å². The molecule has 0 bridgehead atoms. The average molecular weight is 314 g/mol. The van der Waals surface area contributed by atoms with Crippen molar-refractivity contribution in [3.05, 3.63) is 46.2 Å². The largest absolute Gasteiger partial charge is 0.390 e. The number of aromatic amines is 1. The lowest BCUT2D eigenvalue weighted by atomic mass is 9.81. The van der Waals surface area contributed by atoms with Gasteiger partial charge < -0.3 is 15.0 Å². The molecule has 0 saturated carbocycles. The Labute approximate surface area is 134 Å². The summed E-state index contributed by atoms with van der Waals surface area (Å²) in [6.07, 6.45) is 1.36. The Bertz CT molecular complexity index is 794. The van der Waals surface area contributed by atoms with E-state index in [9.17, 15) is 14.7 Å². The lowest BCUT2D eigenvalue weighted by Gasteiger charge is -2.42. The van der Waals surface area contributed by atoms with Crippen molar-refractivity contribution in [3.8, 4) is 0 Å². The van der Waals surface area contributed by atoms with Gasteiger partial charge in [0.25, 0.3) is 5.91 Å². The molecule has 1 aromatic carbocycles. The number of pyridine rings is 1. The van der Waals surface area contributed by atoms with E-state index in [1.165, 1.54) is 6.07 Å². The zero-order chi connectivity index (χ0) is 16.6.